The lowest BCUT2D eigenvalue weighted by Crippen LogP contribution is -2.35. The second-order valence-corrected chi connectivity index (χ2v) is 5.64. The zero-order valence-electron chi connectivity index (χ0n) is 9.83. The molecule has 94 valence electrons. The minimum atomic E-state index is 0.662. The number of nitrogens with zero attached hydrogens (tertiary/aromatic N) is 2. The van der Waals surface area contributed by atoms with Crippen molar-refractivity contribution in [1.29, 1.82) is 0 Å². The molecule has 0 saturated carbocycles. The van der Waals surface area contributed by atoms with Crippen LogP contribution in [0.15, 0.2) is 16.7 Å². The number of halogens is 2. The van der Waals surface area contributed by atoms with Crippen LogP contribution in [-0.4, -0.2) is 31.8 Å². The summed E-state index contributed by atoms with van der Waals surface area (Å²) < 4.78 is 6.17. The predicted octanol–water partition coefficient (Wildman–Crippen LogP) is 3.36. The molecule has 1 aromatic heterocycles. The molecule has 0 aromatic carbocycles. The zero-order valence-corrected chi connectivity index (χ0v) is 12.2. The smallest absolute Gasteiger partial charge is 0.142 e. The van der Waals surface area contributed by atoms with Crippen LogP contribution >= 0.6 is 27.5 Å². The fourth-order valence-electron chi connectivity index (χ4n) is 2.19. The summed E-state index contributed by atoms with van der Waals surface area (Å²) in [6, 6.07) is 1.89. The molecule has 1 aliphatic rings. The first-order valence-corrected chi connectivity index (χ1v) is 6.92. The molecule has 0 aliphatic carbocycles. The van der Waals surface area contributed by atoms with Gasteiger partial charge in [0.25, 0.3) is 0 Å². The van der Waals surface area contributed by atoms with Crippen molar-refractivity contribution in [2.75, 3.05) is 31.7 Å². The Bertz CT molecular complexity index is 381. The number of hydrogen-bond donors (Lipinski definition) is 0. The number of aromatic nitrogens is 1. The van der Waals surface area contributed by atoms with Crippen LogP contribution < -0.4 is 4.90 Å². The Morgan fingerprint density at radius 1 is 1.53 bits per heavy atom. The molecule has 0 radical (unpaired) electrons. The van der Waals surface area contributed by atoms with E-state index in [9.17, 15) is 0 Å². The lowest BCUT2D eigenvalue weighted by molar-refractivity contribution is 0.139. The highest BCUT2D eigenvalue weighted by Crippen LogP contribution is 2.29. The van der Waals surface area contributed by atoms with Gasteiger partial charge in [-0.1, -0.05) is 11.6 Å². The number of piperidine rings is 1. The maximum Gasteiger partial charge on any atom is 0.142 e. The van der Waals surface area contributed by atoms with Crippen molar-refractivity contribution in [1.82, 2.24) is 4.98 Å². The van der Waals surface area contributed by atoms with Crippen molar-refractivity contribution >= 4 is 33.3 Å². The fraction of sp³-hybridized carbons (Fsp3) is 0.583. The van der Waals surface area contributed by atoms with Crippen LogP contribution in [0, 0.1) is 5.92 Å². The van der Waals surface area contributed by atoms with E-state index in [1.807, 2.05) is 6.07 Å². The van der Waals surface area contributed by atoms with Crippen LogP contribution in [0.2, 0.25) is 5.02 Å². The standard InChI is InChI=1S/C12H16BrClN2O/c1-17-8-9-2-4-16(5-3-9)12-11(13)6-10(14)7-15-12/h6-7,9H,2-5,8H2,1H3. The van der Waals surface area contributed by atoms with Crippen molar-refractivity contribution in [3.8, 4) is 0 Å². The lowest BCUT2D eigenvalue weighted by Gasteiger charge is -2.33. The van der Waals surface area contributed by atoms with E-state index < -0.39 is 0 Å². The quantitative estimate of drug-likeness (QED) is 0.854. The SMILES string of the molecule is COCC1CCN(c2ncc(Cl)cc2Br)CC1. The van der Waals surface area contributed by atoms with Crippen LogP contribution in [-0.2, 0) is 4.74 Å². The second kappa shape index (κ2) is 6.03. The van der Waals surface area contributed by atoms with Gasteiger partial charge < -0.3 is 9.64 Å². The molecule has 0 unspecified atom stereocenters. The molecule has 1 aliphatic heterocycles. The van der Waals surface area contributed by atoms with Crippen LogP contribution in [0.4, 0.5) is 5.82 Å². The van der Waals surface area contributed by atoms with E-state index in [4.69, 9.17) is 16.3 Å². The number of ether oxygens (including phenoxy) is 1. The van der Waals surface area contributed by atoms with Gasteiger partial charge in [0, 0.05) is 33.0 Å². The summed E-state index contributed by atoms with van der Waals surface area (Å²) in [5.41, 5.74) is 0. The molecule has 3 nitrogen and oxygen atoms in total. The summed E-state index contributed by atoms with van der Waals surface area (Å²) in [5, 5.41) is 0.662. The van der Waals surface area contributed by atoms with Gasteiger partial charge in [0.15, 0.2) is 0 Å². The summed E-state index contributed by atoms with van der Waals surface area (Å²) in [6.45, 7) is 2.92. The van der Waals surface area contributed by atoms with E-state index in [0.29, 0.717) is 10.9 Å². The molecule has 2 rings (SSSR count). The van der Waals surface area contributed by atoms with Crippen molar-refractivity contribution < 1.29 is 4.74 Å². The number of pyridine rings is 1. The van der Waals surface area contributed by atoms with Gasteiger partial charge in [-0.3, -0.25) is 0 Å². The molecule has 0 N–H and O–H groups in total. The maximum absolute atomic E-state index is 5.89. The number of hydrogen-bond acceptors (Lipinski definition) is 3. The molecule has 2 heterocycles. The summed E-state index contributed by atoms with van der Waals surface area (Å²) in [6.07, 6.45) is 4.01. The van der Waals surface area contributed by atoms with Crippen molar-refractivity contribution in [2.45, 2.75) is 12.8 Å². The van der Waals surface area contributed by atoms with Gasteiger partial charge in [0.1, 0.15) is 5.82 Å². The first kappa shape index (κ1) is 13.1. The molecule has 17 heavy (non-hydrogen) atoms. The van der Waals surface area contributed by atoms with Crippen molar-refractivity contribution in [3.05, 3.63) is 21.8 Å². The van der Waals surface area contributed by atoms with Gasteiger partial charge in [0.2, 0.25) is 0 Å². The van der Waals surface area contributed by atoms with E-state index in [1.54, 1.807) is 13.3 Å². The van der Waals surface area contributed by atoms with Gasteiger partial charge in [-0.05, 0) is 40.8 Å². The first-order chi connectivity index (χ1) is 8.20. The van der Waals surface area contributed by atoms with Gasteiger partial charge in [-0.25, -0.2) is 4.98 Å². The topological polar surface area (TPSA) is 25.4 Å². The monoisotopic (exact) mass is 318 g/mol. The molecule has 0 spiro atoms. The van der Waals surface area contributed by atoms with Crippen LogP contribution in [0.5, 0.6) is 0 Å². The average Bonchev–Trinajstić information content (AvgIpc) is 2.31. The van der Waals surface area contributed by atoms with E-state index in [0.717, 1.165) is 42.8 Å². The van der Waals surface area contributed by atoms with E-state index in [2.05, 4.69) is 25.8 Å². The Kier molecular flexibility index (Phi) is 4.65. The lowest BCUT2D eigenvalue weighted by atomic mass is 9.98. The third-order valence-electron chi connectivity index (χ3n) is 3.10. The molecule has 1 saturated heterocycles. The van der Waals surface area contributed by atoms with E-state index in [-0.39, 0.29) is 0 Å². The number of rotatable bonds is 3. The molecular formula is C12H16BrClN2O. The van der Waals surface area contributed by atoms with Crippen LogP contribution in [0.3, 0.4) is 0 Å². The van der Waals surface area contributed by atoms with Crippen LogP contribution in [0.1, 0.15) is 12.8 Å². The highest BCUT2D eigenvalue weighted by atomic mass is 79.9. The van der Waals surface area contributed by atoms with Gasteiger partial charge in [-0.15, -0.1) is 0 Å². The molecule has 5 heteroatoms. The number of anilines is 1. The highest BCUT2D eigenvalue weighted by molar-refractivity contribution is 9.10. The molecule has 1 fully saturated rings. The second-order valence-electron chi connectivity index (χ2n) is 4.34. The minimum absolute atomic E-state index is 0.662. The molecule has 0 amide bonds. The summed E-state index contributed by atoms with van der Waals surface area (Å²) in [4.78, 5) is 6.69. The number of methoxy groups -OCH3 is 1. The first-order valence-electron chi connectivity index (χ1n) is 5.75. The predicted molar refractivity (Wildman–Crippen MR) is 73.8 cm³/mol. The third-order valence-corrected chi connectivity index (χ3v) is 3.90. The molecule has 1 aromatic rings. The Balaban J connectivity index is 2.00. The Labute approximate surface area is 115 Å². The summed E-state index contributed by atoms with van der Waals surface area (Å²) in [7, 11) is 1.77. The van der Waals surface area contributed by atoms with Gasteiger partial charge in [0.05, 0.1) is 9.50 Å². The minimum Gasteiger partial charge on any atom is -0.384 e. The fourth-order valence-corrected chi connectivity index (χ4v) is 3.08. The van der Waals surface area contributed by atoms with Gasteiger partial charge in [-0.2, -0.15) is 0 Å². The normalized spacial score (nSPS) is 17.5. The molecule has 0 atom stereocenters. The zero-order chi connectivity index (χ0) is 12.3. The molecule has 0 bridgehead atoms. The van der Waals surface area contributed by atoms with Crippen LogP contribution in [0.25, 0.3) is 0 Å². The van der Waals surface area contributed by atoms with Gasteiger partial charge >= 0.3 is 0 Å². The largest absolute Gasteiger partial charge is 0.384 e. The average molecular weight is 320 g/mol. The van der Waals surface area contributed by atoms with E-state index in [1.165, 1.54) is 0 Å². The highest BCUT2D eigenvalue weighted by Gasteiger charge is 2.21. The summed E-state index contributed by atoms with van der Waals surface area (Å²) >= 11 is 9.41. The molecular weight excluding hydrogens is 304 g/mol. The Morgan fingerprint density at radius 2 is 2.24 bits per heavy atom. The Morgan fingerprint density at radius 3 is 2.82 bits per heavy atom. The summed E-state index contributed by atoms with van der Waals surface area (Å²) in [5.74, 6) is 1.67. The Hall–Kier alpha value is -0.320. The van der Waals surface area contributed by atoms with Crippen molar-refractivity contribution in [2.24, 2.45) is 5.92 Å². The third kappa shape index (κ3) is 3.33. The van der Waals surface area contributed by atoms with Crippen molar-refractivity contribution in [3.63, 3.8) is 0 Å². The maximum atomic E-state index is 5.89. The van der Waals surface area contributed by atoms with E-state index >= 15 is 0 Å².